The first-order valence-corrected chi connectivity index (χ1v) is 10.5. The van der Waals surface area contributed by atoms with E-state index in [1.165, 1.54) is 0 Å². The molecule has 1 fully saturated rings. The van der Waals surface area contributed by atoms with E-state index in [1.807, 2.05) is 34.9 Å². The van der Waals surface area contributed by atoms with Gasteiger partial charge in [-0.2, -0.15) is 5.26 Å². The normalized spacial score (nSPS) is 14.1. The summed E-state index contributed by atoms with van der Waals surface area (Å²) in [5, 5.41) is 11.0. The molecule has 0 amide bonds. The van der Waals surface area contributed by atoms with Crippen molar-refractivity contribution in [2.45, 2.75) is 0 Å². The lowest BCUT2D eigenvalue weighted by Crippen LogP contribution is -2.37. The van der Waals surface area contributed by atoms with Gasteiger partial charge < -0.3 is 15.4 Å². The molecule has 0 saturated carbocycles. The highest BCUT2D eigenvalue weighted by molar-refractivity contribution is 9.10. The number of hydrogen-bond donors (Lipinski definition) is 1. The minimum Gasteiger partial charge on any atom is -0.384 e. The van der Waals surface area contributed by atoms with Crippen molar-refractivity contribution < 1.29 is 4.74 Å². The Balaban J connectivity index is 2.08. The Hall–Kier alpha value is -2.17. The van der Waals surface area contributed by atoms with Gasteiger partial charge in [0.25, 0.3) is 0 Å². The van der Waals surface area contributed by atoms with Gasteiger partial charge in [0.05, 0.1) is 23.9 Å². The number of ether oxygens (including phenoxy) is 1. The number of rotatable bonds is 3. The lowest BCUT2D eigenvalue weighted by Gasteiger charge is -2.31. The molecule has 0 atom stereocenters. The molecule has 5 nitrogen and oxygen atoms in total. The van der Waals surface area contributed by atoms with Crippen molar-refractivity contribution in [3.63, 3.8) is 0 Å². The number of benzene rings is 2. The average Bonchev–Trinajstić information content (AvgIpc) is 3.01. The number of morpholine rings is 1. The summed E-state index contributed by atoms with van der Waals surface area (Å²) in [5.41, 5.74) is 9.26. The maximum absolute atomic E-state index is 9.99. The summed E-state index contributed by atoms with van der Waals surface area (Å²) >= 11 is 16.3. The molecular formula is C21H17BrCl2N4O. The highest BCUT2D eigenvalue weighted by Gasteiger charge is 2.29. The molecule has 2 N–H and O–H groups in total. The summed E-state index contributed by atoms with van der Waals surface area (Å²) in [6, 6.07) is 15.3. The van der Waals surface area contributed by atoms with Gasteiger partial charge in [0.15, 0.2) is 0 Å². The fourth-order valence-corrected chi connectivity index (χ4v) is 4.57. The van der Waals surface area contributed by atoms with Crippen molar-refractivity contribution in [2.75, 3.05) is 36.9 Å². The van der Waals surface area contributed by atoms with Crippen LogP contribution >= 0.6 is 39.1 Å². The predicted molar refractivity (Wildman–Crippen MR) is 121 cm³/mol. The molecule has 1 aliphatic rings. The van der Waals surface area contributed by atoms with Crippen molar-refractivity contribution in [1.29, 1.82) is 5.26 Å². The molecule has 3 aromatic rings. The molecule has 0 unspecified atom stereocenters. The first kappa shape index (κ1) is 20.1. The minimum atomic E-state index is 0.337. The molecule has 29 heavy (non-hydrogen) atoms. The SMILES string of the molecule is N#Cc1c(-c2ccccc2Br)c(N2CCOCC2)n(-c2ccc(Cl)cc2Cl)c1N. The predicted octanol–water partition coefficient (Wildman–Crippen LogP) is 5.50. The molecule has 148 valence electrons. The van der Waals surface area contributed by atoms with E-state index >= 15 is 0 Å². The van der Waals surface area contributed by atoms with E-state index in [1.54, 1.807) is 12.1 Å². The number of halogens is 3. The quantitative estimate of drug-likeness (QED) is 0.524. The number of nitriles is 1. The third kappa shape index (κ3) is 3.60. The summed E-state index contributed by atoms with van der Waals surface area (Å²) in [7, 11) is 0. The molecule has 2 heterocycles. The Morgan fingerprint density at radius 1 is 1.10 bits per heavy atom. The van der Waals surface area contributed by atoms with E-state index < -0.39 is 0 Å². The summed E-state index contributed by atoms with van der Waals surface area (Å²) in [6.45, 7) is 2.54. The molecule has 0 aliphatic carbocycles. The van der Waals surface area contributed by atoms with E-state index in [0.717, 1.165) is 21.4 Å². The molecule has 1 aliphatic heterocycles. The van der Waals surface area contributed by atoms with Crippen LogP contribution in [-0.4, -0.2) is 30.9 Å². The average molecular weight is 492 g/mol. The second kappa shape index (κ2) is 8.29. The topological polar surface area (TPSA) is 67.2 Å². The van der Waals surface area contributed by atoms with Crippen LogP contribution in [-0.2, 0) is 4.74 Å². The zero-order valence-electron chi connectivity index (χ0n) is 15.3. The third-order valence-electron chi connectivity index (χ3n) is 4.90. The third-order valence-corrected chi connectivity index (χ3v) is 6.13. The zero-order valence-corrected chi connectivity index (χ0v) is 18.4. The van der Waals surface area contributed by atoms with Gasteiger partial charge in [0, 0.05) is 33.7 Å². The summed E-state index contributed by atoms with van der Waals surface area (Å²) < 4.78 is 8.26. The Bertz CT molecular complexity index is 1120. The van der Waals surface area contributed by atoms with Crippen LogP contribution in [0.5, 0.6) is 0 Å². The largest absolute Gasteiger partial charge is 0.384 e. The van der Waals surface area contributed by atoms with Crippen LogP contribution < -0.4 is 10.6 Å². The van der Waals surface area contributed by atoms with Gasteiger partial charge in [-0.15, -0.1) is 0 Å². The van der Waals surface area contributed by atoms with Crippen molar-refractivity contribution in [1.82, 2.24) is 4.57 Å². The van der Waals surface area contributed by atoms with E-state index in [2.05, 4.69) is 26.9 Å². The van der Waals surface area contributed by atoms with Crippen LogP contribution in [0.3, 0.4) is 0 Å². The fraction of sp³-hybridized carbons (Fsp3) is 0.190. The molecule has 4 rings (SSSR count). The maximum atomic E-state index is 9.99. The zero-order chi connectivity index (χ0) is 20.5. The van der Waals surface area contributed by atoms with Crippen LogP contribution in [0.15, 0.2) is 46.9 Å². The molecule has 2 aromatic carbocycles. The molecule has 0 radical (unpaired) electrons. The van der Waals surface area contributed by atoms with Gasteiger partial charge in [-0.1, -0.05) is 57.3 Å². The number of aromatic nitrogens is 1. The van der Waals surface area contributed by atoms with Crippen LogP contribution in [0.1, 0.15) is 5.56 Å². The monoisotopic (exact) mass is 490 g/mol. The summed E-state index contributed by atoms with van der Waals surface area (Å²) in [5.74, 6) is 1.16. The Morgan fingerprint density at radius 2 is 1.83 bits per heavy atom. The summed E-state index contributed by atoms with van der Waals surface area (Å²) in [4.78, 5) is 2.18. The maximum Gasteiger partial charge on any atom is 0.128 e. The molecular weight excluding hydrogens is 475 g/mol. The van der Waals surface area contributed by atoms with Crippen molar-refractivity contribution in [3.8, 4) is 22.9 Å². The van der Waals surface area contributed by atoms with Crippen LogP contribution in [0.2, 0.25) is 10.0 Å². The standard InChI is InChI=1S/C21H17BrCl2N4O/c22-16-4-2-1-3-14(16)19-15(12-25)20(26)28(18-6-5-13(23)11-17(18)24)21(19)27-7-9-29-10-8-27/h1-6,11H,7-10,26H2. The molecule has 8 heteroatoms. The van der Waals surface area contributed by atoms with Crippen LogP contribution in [0.4, 0.5) is 11.6 Å². The Morgan fingerprint density at radius 3 is 2.48 bits per heavy atom. The van der Waals surface area contributed by atoms with Gasteiger partial charge in [-0.25, -0.2) is 0 Å². The second-order valence-corrected chi connectivity index (χ2v) is 8.28. The first-order chi connectivity index (χ1) is 14.0. The number of nitrogen functional groups attached to an aromatic ring is 1. The van der Waals surface area contributed by atoms with E-state index in [9.17, 15) is 5.26 Å². The lowest BCUT2D eigenvalue weighted by molar-refractivity contribution is 0.122. The molecule has 0 bridgehead atoms. The smallest absolute Gasteiger partial charge is 0.128 e. The van der Waals surface area contributed by atoms with Gasteiger partial charge in [-0.05, 0) is 24.3 Å². The number of nitrogens with zero attached hydrogens (tertiary/aromatic N) is 3. The van der Waals surface area contributed by atoms with E-state index in [-0.39, 0.29) is 0 Å². The second-order valence-electron chi connectivity index (χ2n) is 6.58. The van der Waals surface area contributed by atoms with Gasteiger partial charge in [-0.3, -0.25) is 4.57 Å². The highest BCUT2D eigenvalue weighted by atomic mass is 79.9. The molecule has 1 saturated heterocycles. The summed E-state index contributed by atoms with van der Waals surface area (Å²) in [6.07, 6.45) is 0. The number of hydrogen-bond acceptors (Lipinski definition) is 4. The molecule has 1 aromatic heterocycles. The minimum absolute atomic E-state index is 0.337. The van der Waals surface area contributed by atoms with Crippen LogP contribution in [0.25, 0.3) is 16.8 Å². The fourth-order valence-electron chi connectivity index (χ4n) is 3.59. The van der Waals surface area contributed by atoms with E-state index in [4.69, 9.17) is 33.7 Å². The van der Waals surface area contributed by atoms with Gasteiger partial charge in [0.2, 0.25) is 0 Å². The first-order valence-electron chi connectivity index (χ1n) is 9.00. The Labute approximate surface area is 187 Å². The highest BCUT2D eigenvalue weighted by Crippen LogP contribution is 2.45. The van der Waals surface area contributed by atoms with Gasteiger partial charge >= 0.3 is 0 Å². The van der Waals surface area contributed by atoms with Crippen molar-refractivity contribution in [2.24, 2.45) is 0 Å². The van der Waals surface area contributed by atoms with Gasteiger partial charge in [0.1, 0.15) is 23.3 Å². The van der Waals surface area contributed by atoms with Crippen molar-refractivity contribution >= 4 is 50.8 Å². The van der Waals surface area contributed by atoms with Crippen LogP contribution in [0, 0.1) is 11.3 Å². The Kier molecular flexibility index (Phi) is 5.75. The number of nitrogens with two attached hydrogens (primary N) is 1. The molecule has 0 spiro atoms. The van der Waals surface area contributed by atoms with E-state index in [0.29, 0.717) is 53.4 Å². The lowest BCUT2D eigenvalue weighted by atomic mass is 10.0. The van der Waals surface area contributed by atoms with Crippen molar-refractivity contribution in [3.05, 3.63) is 62.5 Å². The number of anilines is 2.